The number of hydrogen-bond donors (Lipinski definition) is 3. The largest absolute Gasteiger partial charge is 0.493 e. The van der Waals surface area contributed by atoms with E-state index in [2.05, 4.69) is 25.2 Å². The Hall–Kier alpha value is -3.33. The van der Waals surface area contributed by atoms with E-state index in [1.54, 1.807) is 13.3 Å². The van der Waals surface area contributed by atoms with Crippen LogP contribution in [0.1, 0.15) is 30.5 Å². The Bertz CT molecular complexity index is 1040. The molecular weight excluding hydrogens is 436 g/mol. The first-order valence-corrected chi connectivity index (χ1v) is 11.5. The van der Waals surface area contributed by atoms with Gasteiger partial charge in [-0.25, -0.2) is 9.97 Å². The molecule has 0 atom stereocenters. The maximum absolute atomic E-state index is 5.99. The van der Waals surface area contributed by atoms with Crippen molar-refractivity contribution in [1.29, 1.82) is 0 Å². The molecular formula is C24H32N6O2S. The van der Waals surface area contributed by atoms with Crippen LogP contribution in [0.3, 0.4) is 0 Å². The standard InChI is InChI=1S/C24H32N6O2S/c1-18-16-26-17-30(18)12-5-10-28-24(33)29-20-7-8-21(31-2)22(15-20)32-13-4-3-6-19-9-11-27-23(25)14-19/h7-9,11,14-17H,3-6,10,12-13H2,1-2H3,(H2,25,27)(H2,28,29,33). The summed E-state index contributed by atoms with van der Waals surface area (Å²) < 4.78 is 13.6. The van der Waals surface area contributed by atoms with E-state index in [0.717, 1.165) is 50.2 Å². The quantitative estimate of drug-likeness (QED) is 0.271. The highest BCUT2D eigenvalue weighted by atomic mass is 32.1. The number of pyridine rings is 1. The third-order valence-corrected chi connectivity index (χ3v) is 5.41. The number of nitrogen functional groups attached to an aromatic ring is 1. The fourth-order valence-corrected chi connectivity index (χ4v) is 3.60. The number of unbranched alkanes of at least 4 members (excludes halogenated alkanes) is 1. The second-order valence-electron chi connectivity index (χ2n) is 7.72. The summed E-state index contributed by atoms with van der Waals surface area (Å²) in [5.41, 5.74) is 8.92. The summed E-state index contributed by atoms with van der Waals surface area (Å²) in [6.45, 7) is 4.31. The first-order valence-electron chi connectivity index (χ1n) is 11.1. The van der Waals surface area contributed by atoms with Gasteiger partial charge in [-0.3, -0.25) is 0 Å². The molecule has 0 fully saturated rings. The normalized spacial score (nSPS) is 10.6. The third kappa shape index (κ3) is 7.94. The summed E-state index contributed by atoms with van der Waals surface area (Å²) in [6.07, 6.45) is 9.25. The number of methoxy groups -OCH3 is 1. The van der Waals surface area contributed by atoms with Crippen LogP contribution < -0.4 is 25.8 Å². The molecule has 0 aliphatic carbocycles. The first kappa shape index (κ1) is 24.3. The van der Waals surface area contributed by atoms with E-state index in [4.69, 9.17) is 27.4 Å². The molecule has 1 aromatic carbocycles. The van der Waals surface area contributed by atoms with Crippen LogP contribution in [0.15, 0.2) is 49.1 Å². The third-order valence-electron chi connectivity index (χ3n) is 5.17. The maximum Gasteiger partial charge on any atom is 0.170 e. The molecule has 0 saturated carbocycles. The van der Waals surface area contributed by atoms with E-state index in [-0.39, 0.29) is 0 Å². The summed E-state index contributed by atoms with van der Waals surface area (Å²) in [7, 11) is 1.64. The second-order valence-corrected chi connectivity index (χ2v) is 8.13. The number of ether oxygens (including phenoxy) is 2. The van der Waals surface area contributed by atoms with E-state index < -0.39 is 0 Å². The molecule has 9 heteroatoms. The zero-order valence-electron chi connectivity index (χ0n) is 19.2. The van der Waals surface area contributed by atoms with Crippen LogP contribution in [-0.2, 0) is 13.0 Å². The molecule has 2 heterocycles. The van der Waals surface area contributed by atoms with Gasteiger partial charge in [0.05, 0.1) is 20.0 Å². The lowest BCUT2D eigenvalue weighted by Crippen LogP contribution is -2.29. The molecule has 0 bridgehead atoms. The number of thiocarbonyl (C=S) groups is 1. The number of hydrogen-bond acceptors (Lipinski definition) is 6. The lowest BCUT2D eigenvalue weighted by atomic mass is 10.1. The molecule has 3 aromatic rings. The highest BCUT2D eigenvalue weighted by Crippen LogP contribution is 2.30. The van der Waals surface area contributed by atoms with E-state index in [1.807, 2.05) is 49.8 Å². The van der Waals surface area contributed by atoms with Crippen molar-refractivity contribution in [3.05, 3.63) is 60.3 Å². The molecule has 0 spiro atoms. The summed E-state index contributed by atoms with van der Waals surface area (Å²) in [5, 5.41) is 7.03. The van der Waals surface area contributed by atoms with E-state index in [0.29, 0.717) is 29.0 Å². The summed E-state index contributed by atoms with van der Waals surface area (Å²) in [5.74, 6) is 1.93. The average Bonchev–Trinajstić information content (AvgIpc) is 3.21. The smallest absolute Gasteiger partial charge is 0.170 e. The zero-order valence-corrected chi connectivity index (χ0v) is 20.0. The number of aryl methyl sites for hydroxylation is 3. The molecule has 0 aliphatic rings. The Balaban J connectivity index is 1.41. The summed E-state index contributed by atoms with van der Waals surface area (Å²) in [4.78, 5) is 8.16. The van der Waals surface area contributed by atoms with Gasteiger partial charge in [0, 0.05) is 42.9 Å². The van der Waals surface area contributed by atoms with Crippen molar-refractivity contribution in [2.45, 2.75) is 39.2 Å². The Morgan fingerprint density at radius 1 is 1.15 bits per heavy atom. The Morgan fingerprint density at radius 2 is 2.03 bits per heavy atom. The van der Waals surface area contributed by atoms with Gasteiger partial charge in [0.15, 0.2) is 16.6 Å². The molecule has 0 unspecified atom stereocenters. The number of anilines is 2. The molecule has 2 aromatic heterocycles. The second kappa shape index (κ2) is 12.6. The van der Waals surface area contributed by atoms with E-state index >= 15 is 0 Å². The van der Waals surface area contributed by atoms with Gasteiger partial charge in [0.25, 0.3) is 0 Å². The van der Waals surface area contributed by atoms with Crippen molar-refractivity contribution >= 4 is 28.8 Å². The van der Waals surface area contributed by atoms with Gasteiger partial charge in [-0.2, -0.15) is 0 Å². The zero-order chi connectivity index (χ0) is 23.5. The Morgan fingerprint density at radius 3 is 2.79 bits per heavy atom. The number of nitrogens with zero attached hydrogens (tertiary/aromatic N) is 3. The van der Waals surface area contributed by atoms with Crippen LogP contribution >= 0.6 is 12.2 Å². The average molecular weight is 469 g/mol. The monoisotopic (exact) mass is 468 g/mol. The highest BCUT2D eigenvalue weighted by Gasteiger charge is 2.07. The number of aromatic nitrogens is 3. The van der Waals surface area contributed by atoms with Crippen molar-refractivity contribution in [3.8, 4) is 11.5 Å². The molecule has 0 saturated heterocycles. The molecule has 33 heavy (non-hydrogen) atoms. The number of rotatable bonds is 12. The minimum atomic E-state index is 0.554. The minimum Gasteiger partial charge on any atom is -0.493 e. The van der Waals surface area contributed by atoms with Crippen molar-refractivity contribution < 1.29 is 9.47 Å². The summed E-state index contributed by atoms with van der Waals surface area (Å²) >= 11 is 5.43. The fraction of sp³-hybridized carbons (Fsp3) is 0.375. The van der Waals surface area contributed by atoms with Gasteiger partial charge >= 0.3 is 0 Å². The van der Waals surface area contributed by atoms with Crippen LogP contribution in [-0.4, -0.2) is 39.9 Å². The number of imidazole rings is 1. The first-order chi connectivity index (χ1) is 16.0. The lowest BCUT2D eigenvalue weighted by Gasteiger charge is -2.15. The Kier molecular flexibility index (Phi) is 9.31. The van der Waals surface area contributed by atoms with Gasteiger partial charge in [-0.1, -0.05) is 0 Å². The molecule has 176 valence electrons. The van der Waals surface area contributed by atoms with Crippen LogP contribution in [0.2, 0.25) is 0 Å². The van der Waals surface area contributed by atoms with E-state index in [1.165, 1.54) is 5.56 Å². The molecule has 0 radical (unpaired) electrons. The van der Waals surface area contributed by atoms with Gasteiger partial charge in [-0.05, 0) is 74.7 Å². The molecule has 3 rings (SSSR count). The topological polar surface area (TPSA) is 99.2 Å². The predicted octanol–water partition coefficient (Wildman–Crippen LogP) is 3.96. The maximum atomic E-state index is 5.99. The fourth-order valence-electron chi connectivity index (χ4n) is 3.38. The predicted molar refractivity (Wildman–Crippen MR) is 136 cm³/mol. The SMILES string of the molecule is COc1ccc(NC(=S)NCCCn2cncc2C)cc1OCCCCc1ccnc(N)c1. The van der Waals surface area contributed by atoms with Crippen molar-refractivity contribution in [2.24, 2.45) is 0 Å². The van der Waals surface area contributed by atoms with Gasteiger partial charge in [0.1, 0.15) is 5.82 Å². The van der Waals surface area contributed by atoms with Gasteiger partial charge in [0.2, 0.25) is 0 Å². The van der Waals surface area contributed by atoms with Crippen LogP contribution in [0.4, 0.5) is 11.5 Å². The lowest BCUT2D eigenvalue weighted by molar-refractivity contribution is 0.286. The number of nitrogens with one attached hydrogen (secondary N) is 2. The number of benzene rings is 1. The summed E-state index contributed by atoms with van der Waals surface area (Å²) in [6, 6.07) is 9.61. The molecule has 4 N–H and O–H groups in total. The molecule has 0 amide bonds. The van der Waals surface area contributed by atoms with Crippen molar-refractivity contribution in [2.75, 3.05) is 31.3 Å². The Labute approximate surface area is 200 Å². The highest BCUT2D eigenvalue weighted by molar-refractivity contribution is 7.80. The molecule has 8 nitrogen and oxygen atoms in total. The van der Waals surface area contributed by atoms with Crippen molar-refractivity contribution in [1.82, 2.24) is 19.9 Å². The van der Waals surface area contributed by atoms with Crippen LogP contribution in [0, 0.1) is 6.92 Å². The molecule has 0 aliphatic heterocycles. The minimum absolute atomic E-state index is 0.554. The van der Waals surface area contributed by atoms with E-state index in [9.17, 15) is 0 Å². The van der Waals surface area contributed by atoms with Gasteiger partial charge in [-0.15, -0.1) is 0 Å². The van der Waals surface area contributed by atoms with Gasteiger partial charge < -0.3 is 30.4 Å². The van der Waals surface area contributed by atoms with Crippen LogP contribution in [0.25, 0.3) is 0 Å². The van der Waals surface area contributed by atoms with Crippen LogP contribution in [0.5, 0.6) is 11.5 Å². The van der Waals surface area contributed by atoms with Crippen molar-refractivity contribution in [3.63, 3.8) is 0 Å². The number of nitrogens with two attached hydrogens (primary N) is 1.